The van der Waals surface area contributed by atoms with Crippen LogP contribution in [0.15, 0.2) is 70.3 Å². The molecule has 0 aliphatic heterocycles. The second-order valence-corrected chi connectivity index (χ2v) is 10.1. The molecule has 0 atom stereocenters. The third-order valence-corrected chi connectivity index (χ3v) is 7.81. The summed E-state index contributed by atoms with van der Waals surface area (Å²) in [6.45, 7) is 1.20. The average molecular weight is 489 g/mol. The second kappa shape index (κ2) is 11.0. The van der Waals surface area contributed by atoms with E-state index >= 15 is 0 Å². The van der Waals surface area contributed by atoms with Crippen LogP contribution in [0.5, 0.6) is 5.75 Å². The number of carbonyl (C=O) groups excluding carboxylic acids is 2. The number of nitrogens with zero attached hydrogens (tertiary/aromatic N) is 1. The van der Waals surface area contributed by atoms with Crippen LogP contribution in [0.25, 0.3) is 0 Å². The van der Waals surface area contributed by atoms with Gasteiger partial charge in [0, 0.05) is 12.7 Å². The zero-order valence-electron chi connectivity index (χ0n) is 18.2. The van der Waals surface area contributed by atoms with E-state index in [9.17, 15) is 18.0 Å². The van der Waals surface area contributed by atoms with Crippen molar-refractivity contribution in [1.82, 2.24) is 0 Å². The van der Waals surface area contributed by atoms with E-state index in [2.05, 4.69) is 5.32 Å². The van der Waals surface area contributed by atoms with Crippen molar-refractivity contribution in [2.75, 3.05) is 29.9 Å². The maximum atomic E-state index is 12.6. The predicted octanol–water partition coefficient (Wildman–Crippen LogP) is 3.70. The van der Waals surface area contributed by atoms with Crippen LogP contribution in [-0.4, -0.2) is 40.6 Å². The van der Waals surface area contributed by atoms with Crippen LogP contribution in [0.1, 0.15) is 12.5 Å². The summed E-state index contributed by atoms with van der Waals surface area (Å²) in [6, 6.07) is 16.9. The number of hydrogen-bond donors (Lipinski definition) is 1. The summed E-state index contributed by atoms with van der Waals surface area (Å²) < 4.78 is 36.9. The Morgan fingerprint density at radius 1 is 1.03 bits per heavy atom. The van der Waals surface area contributed by atoms with Crippen molar-refractivity contribution in [3.8, 4) is 5.75 Å². The molecule has 0 spiro atoms. The van der Waals surface area contributed by atoms with Crippen LogP contribution in [0.2, 0.25) is 0 Å². The lowest BCUT2D eigenvalue weighted by atomic mass is 10.1. The number of amides is 1. The van der Waals surface area contributed by atoms with E-state index in [1.807, 2.05) is 25.1 Å². The molecule has 33 heavy (non-hydrogen) atoms. The molecule has 174 valence electrons. The molecule has 2 aromatic carbocycles. The molecule has 1 heterocycles. The minimum Gasteiger partial charge on any atom is -0.482 e. The number of ether oxygens (including phenoxy) is 2. The number of hydrogen-bond acceptors (Lipinski definition) is 7. The SMILES string of the molecule is CCc1cccc(NC(=O)COC(=O)COc2ccc(N(C)S(=O)(=O)c3cccs3)cc2)c1. The van der Waals surface area contributed by atoms with Gasteiger partial charge in [-0.25, -0.2) is 13.2 Å². The molecule has 0 unspecified atom stereocenters. The van der Waals surface area contributed by atoms with Crippen molar-refractivity contribution in [2.45, 2.75) is 17.6 Å². The Morgan fingerprint density at radius 2 is 1.79 bits per heavy atom. The maximum absolute atomic E-state index is 12.6. The number of benzene rings is 2. The number of esters is 1. The van der Waals surface area contributed by atoms with Crippen LogP contribution < -0.4 is 14.4 Å². The summed E-state index contributed by atoms with van der Waals surface area (Å²) in [5.74, 6) is -0.789. The highest BCUT2D eigenvalue weighted by Gasteiger charge is 2.22. The molecule has 1 aromatic heterocycles. The first-order valence-electron chi connectivity index (χ1n) is 10.1. The third kappa shape index (κ3) is 6.56. The number of aryl methyl sites for hydroxylation is 1. The molecule has 0 aliphatic carbocycles. The van der Waals surface area contributed by atoms with Gasteiger partial charge in [-0.1, -0.05) is 25.1 Å². The van der Waals surface area contributed by atoms with Crippen molar-refractivity contribution in [3.63, 3.8) is 0 Å². The Bertz CT molecular complexity index is 1190. The smallest absolute Gasteiger partial charge is 0.344 e. The lowest BCUT2D eigenvalue weighted by molar-refractivity contribution is -0.149. The average Bonchev–Trinajstić information content (AvgIpc) is 3.37. The number of thiophene rings is 1. The van der Waals surface area contributed by atoms with Gasteiger partial charge in [-0.05, 0) is 59.8 Å². The van der Waals surface area contributed by atoms with E-state index in [1.165, 1.54) is 11.4 Å². The molecule has 8 nitrogen and oxygen atoms in total. The molecule has 0 fully saturated rings. The summed E-state index contributed by atoms with van der Waals surface area (Å²) in [4.78, 5) is 23.9. The molecule has 10 heteroatoms. The number of sulfonamides is 1. The van der Waals surface area contributed by atoms with Crippen LogP contribution in [-0.2, 0) is 30.8 Å². The molecule has 1 amide bonds. The van der Waals surface area contributed by atoms with Crippen LogP contribution in [0.4, 0.5) is 11.4 Å². The first-order chi connectivity index (χ1) is 15.8. The highest BCUT2D eigenvalue weighted by molar-refractivity contribution is 7.94. The van der Waals surface area contributed by atoms with E-state index < -0.39 is 28.5 Å². The van der Waals surface area contributed by atoms with Gasteiger partial charge in [0.1, 0.15) is 9.96 Å². The molecule has 0 saturated heterocycles. The topological polar surface area (TPSA) is 102 Å². The predicted molar refractivity (Wildman–Crippen MR) is 127 cm³/mol. The third-order valence-electron chi connectivity index (χ3n) is 4.65. The number of rotatable bonds is 10. The van der Waals surface area contributed by atoms with Crippen molar-refractivity contribution in [2.24, 2.45) is 0 Å². The van der Waals surface area contributed by atoms with Crippen molar-refractivity contribution in [3.05, 3.63) is 71.6 Å². The fourth-order valence-corrected chi connectivity index (χ4v) is 5.19. The van der Waals surface area contributed by atoms with Gasteiger partial charge in [-0.2, -0.15) is 0 Å². The number of carbonyl (C=O) groups is 2. The Hall–Kier alpha value is -3.37. The molecule has 3 aromatic rings. The highest BCUT2D eigenvalue weighted by atomic mass is 32.2. The van der Waals surface area contributed by atoms with Gasteiger partial charge in [0.05, 0.1) is 5.69 Å². The molecule has 0 saturated carbocycles. The molecule has 1 N–H and O–H groups in total. The Labute approximate surface area is 196 Å². The van der Waals surface area contributed by atoms with Gasteiger partial charge in [0.15, 0.2) is 13.2 Å². The summed E-state index contributed by atoms with van der Waals surface area (Å²) in [7, 11) is -2.17. The highest BCUT2D eigenvalue weighted by Crippen LogP contribution is 2.26. The molecule has 3 rings (SSSR count). The Kier molecular flexibility index (Phi) is 8.07. The lowest BCUT2D eigenvalue weighted by Crippen LogP contribution is -2.25. The first kappa shape index (κ1) is 24.3. The largest absolute Gasteiger partial charge is 0.482 e. The summed E-state index contributed by atoms with van der Waals surface area (Å²) >= 11 is 1.14. The van der Waals surface area contributed by atoms with Gasteiger partial charge in [-0.15, -0.1) is 11.3 Å². The molecular formula is C23H24N2O6S2. The normalized spacial score (nSPS) is 11.0. The van der Waals surface area contributed by atoms with Crippen LogP contribution in [0, 0.1) is 0 Å². The van der Waals surface area contributed by atoms with Gasteiger partial charge < -0.3 is 14.8 Å². The van der Waals surface area contributed by atoms with Crippen LogP contribution >= 0.6 is 11.3 Å². The number of nitrogens with one attached hydrogen (secondary N) is 1. The molecule has 0 aliphatic rings. The fourth-order valence-electron chi connectivity index (χ4n) is 2.83. The van der Waals surface area contributed by atoms with Gasteiger partial charge in [-0.3, -0.25) is 9.10 Å². The van der Waals surface area contributed by atoms with Gasteiger partial charge >= 0.3 is 5.97 Å². The van der Waals surface area contributed by atoms with E-state index in [0.29, 0.717) is 17.1 Å². The van der Waals surface area contributed by atoms with Crippen molar-refractivity contribution in [1.29, 1.82) is 0 Å². The maximum Gasteiger partial charge on any atom is 0.344 e. The standard InChI is InChI=1S/C23H24N2O6S2/c1-3-17-6-4-7-18(14-17)24-21(26)15-31-22(27)16-30-20-11-9-19(10-12-20)25(2)33(28,29)23-8-5-13-32-23/h4-14H,3,15-16H2,1-2H3,(H,24,26). The van der Waals surface area contributed by atoms with E-state index in [-0.39, 0.29) is 10.8 Å². The Balaban J connectivity index is 1.46. The van der Waals surface area contributed by atoms with Crippen LogP contribution in [0.3, 0.4) is 0 Å². The van der Waals surface area contributed by atoms with Crippen molar-refractivity contribution >= 4 is 44.6 Å². The zero-order chi connectivity index (χ0) is 23.8. The summed E-state index contributed by atoms with van der Waals surface area (Å²) in [5.41, 5.74) is 2.17. The molecule has 0 radical (unpaired) electrons. The Morgan fingerprint density at radius 3 is 2.45 bits per heavy atom. The number of anilines is 2. The van der Waals surface area contributed by atoms with E-state index in [1.54, 1.807) is 47.8 Å². The summed E-state index contributed by atoms with van der Waals surface area (Å²) in [5, 5.41) is 4.37. The minimum absolute atomic E-state index is 0.246. The minimum atomic E-state index is -3.63. The van der Waals surface area contributed by atoms with Gasteiger partial charge in [0.2, 0.25) is 0 Å². The summed E-state index contributed by atoms with van der Waals surface area (Å²) in [6.07, 6.45) is 0.845. The van der Waals surface area contributed by atoms with Crippen molar-refractivity contribution < 1.29 is 27.5 Å². The molecular weight excluding hydrogens is 464 g/mol. The molecule has 0 bridgehead atoms. The zero-order valence-corrected chi connectivity index (χ0v) is 19.8. The van der Waals surface area contributed by atoms with Gasteiger partial charge in [0.25, 0.3) is 15.9 Å². The second-order valence-electron chi connectivity index (χ2n) is 6.95. The first-order valence-corrected chi connectivity index (χ1v) is 12.4. The monoisotopic (exact) mass is 488 g/mol. The quantitative estimate of drug-likeness (QED) is 0.437. The van der Waals surface area contributed by atoms with E-state index in [0.717, 1.165) is 23.3 Å². The fraction of sp³-hybridized carbons (Fsp3) is 0.217. The lowest BCUT2D eigenvalue weighted by Gasteiger charge is -2.18. The van der Waals surface area contributed by atoms with E-state index in [4.69, 9.17) is 9.47 Å².